The lowest BCUT2D eigenvalue weighted by Gasteiger charge is -1.97. The predicted octanol–water partition coefficient (Wildman–Crippen LogP) is 1.58. The van der Waals surface area contributed by atoms with Gasteiger partial charge in [0, 0.05) is 11.6 Å². The van der Waals surface area contributed by atoms with E-state index < -0.39 is 0 Å². The summed E-state index contributed by atoms with van der Waals surface area (Å²) < 4.78 is 0. The highest BCUT2D eigenvalue weighted by atomic mass is 16.2. The molecule has 0 bridgehead atoms. The van der Waals surface area contributed by atoms with E-state index in [0.717, 1.165) is 16.5 Å². The lowest BCUT2D eigenvalue weighted by Crippen LogP contribution is -1.83. The molecule has 0 atom stereocenters. The molecule has 1 heterocycles. The molecule has 1 aromatic carbocycles. The molecule has 2 nitrogen and oxygen atoms in total. The Bertz CT molecular complexity index is 503. The number of aliphatic hydroxyl groups is 1. The number of para-hydroxylation sites is 1. The molecule has 0 aliphatic heterocycles. The minimum atomic E-state index is -0.122. The smallest absolute Gasteiger partial charge is 0.104 e. The van der Waals surface area contributed by atoms with E-state index in [2.05, 4.69) is 16.8 Å². The quantitative estimate of drug-likeness (QED) is 0.629. The summed E-state index contributed by atoms with van der Waals surface area (Å²) in [5.41, 5.74) is 1.74. The summed E-state index contributed by atoms with van der Waals surface area (Å²) in [5.74, 6) is 5.50. The molecule has 0 fully saturated rings. The number of hydrogen-bond donors (Lipinski definition) is 1. The molecule has 0 amide bonds. The van der Waals surface area contributed by atoms with Crippen molar-refractivity contribution < 1.29 is 5.11 Å². The molecule has 0 aliphatic carbocycles. The maximum atomic E-state index is 8.61. The highest BCUT2D eigenvalue weighted by Crippen LogP contribution is 2.14. The topological polar surface area (TPSA) is 33.1 Å². The molecule has 0 saturated heterocycles. The number of benzene rings is 1. The normalized spacial score (nSPS) is 9.50. The van der Waals surface area contributed by atoms with E-state index in [4.69, 9.17) is 5.11 Å². The van der Waals surface area contributed by atoms with Crippen molar-refractivity contribution in [2.45, 2.75) is 0 Å². The van der Waals surface area contributed by atoms with Gasteiger partial charge in [0.05, 0.1) is 11.1 Å². The van der Waals surface area contributed by atoms with Crippen molar-refractivity contribution in [2.24, 2.45) is 0 Å². The van der Waals surface area contributed by atoms with Gasteiger partial charge in [-0.15, -0.1) is 0 Å². The van der Waals surface area contributed by atoms with E-state index in [1.54, 1.807) is 6.20 Å². The Morgan fingerprint density at radius 3 is 2.93 bits per heavy atom. The number of rotatable bonds is 0. The number of aromatic nitrogens is 1. The first-order valence-corrected chi connectivity index (χ1v) is 4.35. The van der Waals surface area contributed by atoms with Crippen LogP contribution >= 0.6 is 0 Å². The Labute approximate surface area is 82.2 Å². The molecule has 1 aromatic heterocycles. The first-order chi connectivity index (χ1) is 6.92. The van der Waals surface area contributed by atoms with Crippen molar-refractivity contribution in [1.29, 1.82) is 0 Å². The zero-order chi connectivity index (χ0) is 9.80. The lowest BCUT2D eigenvalue weighted by molar-refractivity contribution is 0.350. The molecule has 0 unspecified atom stereocenters. The van der Waals surface area contributed by atoms with Gasteiger partial charge in [-0.1, -0.05) is 30.0 Å². The third-order valence-electron chi connectivity index (χ3n) is 1.93. The summed E-state index contributed by atoms with van der Waals surface area (Å²) in [5, 5.41) is 9.67. The third kappa shape index (κ3) is 1.59. The Balaban J connectivity index is 2.65. The van der Waals surface area contributed by atoms with Gasteiger partial charge in [0.2, 0.25) is 0 Å². The minimum absolute atomic E-state index is 0.122. The van der Waals surface area contributed by atoms with Gasteiger partial charge >= 0.3 is 0 Å². The van der Waals surface area contributed by atoms with E-state index in [0.29, 0.717) is 0 Å². The van der Waals surface area contributed by atoms with Crippen LogP contribution in [-0.2, 0) is 0 Å². The maximum Gasteiger partial charge on any atom is 0.104 e. The first kappa shape index (κ1) is 8.74. The predicted molar refractivity (Wildman–Crippen MR) is 55.7 cm³/mol. The van der Waals surface area contributed by atoms with Crippen LogP contribution in [0.4, 0.5) is 0 Å². The first-order valence-electron chi connectivity index (χ1n) is 4.35. The van der Waals surface area contributed by atoms with E-state index in [9.17, 15) is 0 Å². The van der Waals surface area contributed by atoms with E-state index in [-0.39, 0.29) is 6.61 Å². The molecule has 14 heavy (non-hydrogen) atoms. The van der Waals surface area contributed by atoms with Crippen molar-refractivity contribution in [3.8, 4) is 11.8 Å². The van der Waals surface area contributed by atoms with E-state index in [1.807, 2.05) is 30.3 Å². The fourth-order valence-corrected chi connectivity index (χ4v) is 1.34. The monoisotopic (exact) mass is 183 g/mol. The number of nitrogens with zero attached hydrogens (tertiary/aromatic N) is 1. The van der Waals surface area contributed by atoms with Gasteiger partial charge in [-0.3, -0.25) is 4.98 Å². The molecule has 68 valence electrons. The Kier molecular flexibility index (Phi) is 2.44. The lowest BCUT2D eigenvalue weighted by atomic mass is 10.1. The van der Waals surface area contributed by atoms with Crippen LogP contribution in [0.15, 0.2) is 36.5 Å². The fourth-order valence-electron chi connectivity index (χ4n) is 1.34. The van der Waals surface area contributed by atoms with Crippen LogP contribution in [0.2, 0.25) is 0 Å². The SMILES string of the molecule is OCC#Cc1cccc2cccnc12. The zero-order valence-electron chi connectivity index (χ0n) is 7.57. The van der Waals surface area contributed by atoms with Crippen molar-refractivity contribution in [1.82, 2.24) is 4.98 Å². The molecule has 0 radical (unpaired) electrons. The standard InChI is InChI=1S/C12H9NO/c14-9-3-7-11-5-1-4-10-6-2-8-13-12(10)11/h1-2,4-6,8,14H,9H2. The molecule has 2 heteroatoms. The summed E-state index contributed by atoms with van der Waals surface area (Å²) in [7, 11) is 0. The zero-order valence-corrected chi connectivity index (χ0v) is 7.57. The minimum Gasteiger partial charge on any atom is -0.384 e. The van der Waals surface area contributed by atoms with E-state index >= 15 is 0 Å². The number of fused-ring (bicyclic) bond motifs is 1. The Morgan fingerprint density at radius 1 is 1.21 bits per heavy atom. The van der Waals surface area contributed by atoms with Gasteiger partial charge < -0.3 is 5.11 Å². The average Bonchev–Trinajstić information content (AvgIpc) is 2.26. The van der Waals surface area contributed by atoms with Crippen molar-refractivity contribution in [2.75, 3.05) is 6.61 Å². The summed E-state index contributed by atoms with van der Waals surface area (Å²) in [6, 6.07) is 9.72. The van der Waals surface area contributed by atoms with Crippen molar-refractivity contribution in [3.63, 3.8) is 0 Å². The number of hydrogen-bond acceptors (Lipinski definition) is 2. The van der Waals surface area contributed by atoms with Gasteiger partial charge in [0.25, 0.3) is 0 Å². The molecule has 0 aliphatic rings. The van der Waals surface area contributed by atoms with Gasteiger partial charge in [-0.2, -0.15) is 0 Å². The van der Waals surface area contributed by atoms with Crippen molar-refractivity contribution >= 4 is 10.9 Å². The average molecular weight is 183 g/mol. The molecule has 1 N–H and O–H groups in total. The summed E-state index contributed by atoms with van der Waals surface area (Å²) in [6.45, 7) is -0.122. The second-order valence-electron chi connectivity index (χ2n) is 2.84. The second kappa shape index (κ2) is 3.91. The highest BCUT2D eigenvalue weighted by molar-refractivity contribution is 5.84. The van der Waals surface area contributed by atoms with Gasteiger partial charge in [0.15, 0.2) is 0 Å². The molecule has 0 saturated carbocycles. The van der Waals surface area contributed by atoms with Crippen LogP contribution in [0.1, 0.15) is 5.56 Å². The van der Waals surface area contributed by atoms with Gasteiger partial charge in [-0.25, -0.2) is 0 Å². The second-order valence-corrected chi connectivity index (χ2v) is 2.84. The van der Waals surface area contributed by atoms with E-state index in [1.165, 1.54) is 0 Å². The number of pyridine rings is 1. The van der Waals surface area contributed by atoms with Crippen LogP contribution in [0.3, 0.4) is 0 Å². The molecular formula is C12H9NO. The molecular weight excluding hydrogens is 174 g/mol. The highest BCUT2D eigenvalue weighted by Gasteiger charge is 1.96. The van der Waals surface area contributed by atoms with Crippen LogP contribution in [0.25, 0.3) is 10.9 Å². The van der Waals surface area contributed by atoms with Crippen LogP contribution < -0.4 is 0 Å². The number of aliphatic hydroxyl groups excluding tert-OH is 1. The Morgan fingerprint density at radius 2 is 2.07 bits per heavy atom. The molecule has 0 spiro atoms. The van der Waals surface area contributed by atoms with Crippen molar-refractivity contribution in [3.05, 3.63) is 42.1 Å². The van der Waals surface area contributed by atoms with Crippen LogP contribution in [-0.4, -0.2) is 16.7 Å². The molecule has 2 rings (SSSR count). The maximum absolute atomic E-state index is 8.61. The summed E-state index contributed by atoms with van der Waals surface area (Å²) >= 11 is 0. The largest absolute Gasteiger partial charge is 0.384 e. The fraction of sp³-hybridized carbons (Fsp3) is 0.0833. The summed E-state index contributed by atoms with van der Waals surface area (Å²) in [6.07, 6.45) is 1.74. The molecule has 2 aromatic rings. The third-order valence-corrected chi connectivity index (χ3v) is 1.93. The van der Waals surface area contributed by atoms with Crippen LogP contribution in [0.5, 0.6) is 0 Å². The Hall–Kier alpha value is -1.85. The van der Waals surface area contributed by atoms with Gasteiger partial charge in [0.1, 0.15) is 6.61 Å². The van der Waals surface area contributed by atoms with Gasteiger partial charge in [-0.05, 0) is 12.1 Å². The van der Waals surface area contributed by atoms with Crippen LogP contribution in [0, 0.1) is 11.8 Å². The summed E-state index contributed by atoms with van der Waals surface area (Å²) in [4.78, 5) is 4.25.